The molecule has 0 fully saturated rings. The highest BCUT2D eigenvalue weighted by Crippen LogP contribution is 2.34. The summed E-state index contributed by atoms with van der Waals surface area (Å²) in [6.45, 7) is 0. The first kappa shape index (κ1) is 20.1. The third-order valence-corrected chi connectivity index (χ3v) is 5.75. The molecule has 2 N–H and O–H groups in total. The summed E-state index contributed by atoms with van der Waals surface area (Å²) in [6, 6.07) is 21.1. The minimum absolute atomic E-state index is 0.126. The highest BCUT2D eigenvalue weighted by Gasteiger charge is 2.22. The molecule has 4 nitrogen and oxygen atoms in total. The van der Waals surface area contributed by atoms with Crippen LogP contribution in [-0.2, 0) is 17.6 Å². The number of fused-ring (bicyclic) bond motifs is 2. The van der Waals surface area contributed by atoms with Crippen LogP contribution in [0.1, 0.15) is 29.2 Å². The lowest BCUT2D eigenvalue weighted by Crippen LogP contribution is -2.15. The normalized spacial score (nSPS) is 14.9. The van der Waals surface area contributed by atoms with Crippen LogP contribution in [0.2, 0.25) is 0 Å². The molecule has 1 atom stereocenters. The van der Waals surface area contributed by atoms with E-state index in [1.165, 1.54) is 11.1 Å². The van der Waals surface area contributed by atoms with Gasteiger partial charge in [-0.1, -0.05) is 30.3 Å². The molecule has 1 amide bonds. The van der Waals surface area contributed by atoms with Crippen LogP contribution in [0.15, 0.2) is 72.8 Å². The SMILES string of the molecule is O=C(Cc1cc(F)cc(F)c1)Nc1cccc2nc(NC3CCc4ccccc43)ccc12. The molecular weight excluding hydrogens is 408 g/mol. The summed E-state index contributed by atoms with van der Waals surface area (Å²) in [5.41, 5.74) is 4.31. The number of aryl methyl sites for hydroxylation is 1. The maximum Gasteiger partial charge on any atom is 0.228 e. The zero-order valence-corrected chi connectivity index (χ0v) is 17.2. The average molecular weight is 429 g/mol. The van der Waals surface area contributed by atoms with Gasteiger partial charge >= 0.3 is 0 Å². The van der Waals surface area contributed by atoms with E-state index in [0.717, 1.165) is 47.8 Å². The Kier molecular flexibility index (Phi) is 5.27. The number of benzene rings is 3. The maximum atomic E-state index is 13.4. The van der Waals surface area contributed by atoms with Gasteiger partial charge in [0.05, 0.1) is 23.7 Å². The number of hydrogen-bond acceptors (Lipinski definition) is 3. The summed E-state index contributed by atoms with van der Waals surface area (Å²) < 4.78 is 26.8. The van der Waals surface area contributed by atoms with Gasteiger partial charge in [-0.15, -0.1) is 0 Å². The van der Waals surface area contributed by atoms with E-state index in [-0.39, 0.29) is 23.9 Å². The van der Waals surface area contributed by atoms with Crippen LogP contribution in [0.3, 0.4) is 0 Å². The number of hydrogen-bond donors (Lipinski definition) is 2. The molecule has 1 aliphatic carbocycles. The van der Waals surface area contributed by atoms with E-state index in [0.29, 0.717) is 5.69 Å². The molecule has 0 saturated carbocycles. The van der Waals surface area contributed by atoms with Crippen molar-refractivity contribution in [3.05, 3.63) is 101 Å². The summed E-state index contributed by atoms with van der Waals surface area (Å²) in [6.07, 6.45) is 1.95. The van der Waals surface area contributed by atoms with Crippen molar-refractivity contribution >= 4 is 28.3 Å². The fraction of sp³-hybridized carbons (Fsp3) is 0.154. The van der Waals surface area contributed by atoms with Crippen molar-refractivity contribution in [3.8, 4) is 0 Å². The Labute approximate surface area is 184 Å². The standard InChI is InChI=1S/C26H21F2N3O/c27-18-12-16(13-19(28)15-18)14-26(32)31-23-7-3-6-22-21(23)9-11-25(29-22)30-24-10-8-17-4-1-2-5-20(17)24/h1-7,9,11-13,15,24H,8,10,14H2,(H,29,30)(H,31,32). The number of pyridine rings is 1. The number of nitrogens with zero attached hydrogens (tertiary/aromatic N) is 1. The molecule has 160 valence electrons. The Morgan fingerprint density at radius 3 is 2.62 bits per heavy atom. The van der Waals surface area contributed by atoms with Crippen LogP contribution in [-0.4, -0.2) is 10.9 Å². The van der Waals surface area contributed by atoms with E-state index in [1.807, 2.05) is 24.3 Å². The Hall–Kier alpha value is -3.80. The molecule has 6 heteroatoms. The highest BCUT2D eigenvalue weighted by atomic mass is 19.1. The molecule has 0 spiro atoms. The van der Waals surface area contributed by atoms with Crippen LogP contribution >= 0.6 is 0 Å². The maximum absolute atomic E-state index is 13.4. The number of halogens is 2. The summed E-state index contributed by atoms with van der Waals surface area (Å²) in [7, 11) is 0. The van der Waals surface area contributed by atoms with Crippen LogP contribution in [0.4, 0.5) is 20.3 Å². The van der Waals surface area contributed by atoms with E-state index in [4.69, 9.17) is 4.98 Å². The van der Waals surface area contributed by atoms with Crippen molar-refractivity contribution in [1.29, 1.82) is 0 Å². The van der Waals surface area contributed by atoms with Crippen LogP contribution in [0.5, 0.6) is 0 Å². The van der Waals surface area contributed by atoms with Crippen LogP contribution in [0.25, 0.3) is 10.9 Å². The molecule has 32 heavy (non-hydrogen) atoms. The Morgan fingerprint density at radius 2 is 1.78 bits per heavy atom. The molecule has 1 unspecified atom stereocenters. The number of rotatable bonds is 5. The highest BCUT2D eigenvalue weighted by molar-refractivity contribution is 6.01. The van der Waals surface area contributed by atoms with Crippen molar-refractivity contribution in [1.82, 2.24) is 4.98 Å². The second-order valence-corrected chi connectivity index (χ2v) is 8.01. The van der Waals surface area contributed by atoms with Gasteiger partial charge < -0.3 is 10.6 Å². The number of anilines is 2. The van der Waals surface area contributed by atoms with E-state index >= 15 is 0 Å². The monoisotopic (exact) mass is 429 g/mol. The summed E-state index contributed by atoms with van der Waals surface area (Å²) >= 11 is 0. The first-order chi connectivity index (χ1) is 15.5. The summed E-state index contributed by atoms with van der Waals surface area (Å²) in [5.74, 6) is -0.982. The lowest BCUT2D eigenvalue weighted by Gasteiger charge is -2.16. The number of amides is 1. The molecule has 1 aromatic heterocycles. The van der Waals surface area contributed by atoms with E-state index in [1.54, 1.807) is 6.07 Å². The van der Waals surface area contributed by atoms with Crippen molar-refractivity contribution < 1.29 is 13.6 Å². The van der Waals surface area contributed by atoms with Crippen LogP contribution in [0, 0.1) is 11.6 Å². The first-order valence-electron chi connectivity index (χ1n) is 10.5. The average Bonchev–Trinajstić information content (AvgIpc) is 3.16. The molecule has 1 aliphatic rings. The van der Waals surface area contributed by atoms with Gasteiger partial charge in [0.1, 0.15) is 17.5 Å². The molecule has 0 bridgehead atoms. The van der Waals surface area contributed by atoms with Gasteiger partial charge in [-0.25, -0.2) is 13.8 Å². The van der Waals surface area contributed by atoms with Crippen molar-refractivity contribution in [2.24, 2.45) is 0 Å². The zero-order valence-electron chi connectivity index (χ0n) is 17.2. The van der Waals surface area contributed by atoms with Gasteiger partial charge in [0.2, 0.25) is 5.91 Å². The predicted molar refractivity (Wildman–Crippen MR) is 122 cm³/mol. The Bertz CT molecular complexity index is 1300. The third kappa shape index (κ3) is 4.17. The third-order valence-electron chi connectivity index (χ3n) is 5.75. The van der Waals surface area contributed by atoms with Gasteiger partial charge in [0.15, 0.2) is 0 Å². The van der Waals surface area contributed by atoms with Crippen molar-refractivity contribution in [2.45, 2.75) is 25.3 Å². The fourth-order valence-electron chi connectivity index (χ4n) is 4.32. The number of aromatic nitrogens is 1. The Morgan fingerprint density at radius 1 is 0.969 bits per heavy atom. The quantitative estimate of drug-likeness (QED) is 0.422. The summed E-state index contributed by atoms with van der Waals surface area (Å²) in [4.78, 5) is 17.2. The molecule has 0 aliphatic heterocycles. The van der Waals surface area contributed by atoms with Gasteiger partial charge in [0, 0.05) is 11.5 Å². The van der Waals surface area contributed by atoms with Crippen molar-refractivity contribution in [2.75, 3.05) is 10.6 Å². The van der Waals surface area contributed by atoms with Gasteiger partial charge in [-0.3, -0.25) is 4.79 Å². The van der Waals surface area contributed by atoms with Gasteiger partial charge in [-0.2, -0.15) is 0 Å². The predicted octanol–water partition coefficient (Wildman–Crippen LogP) is 5.79. The minimum Gasteiger partial charge on any atom is -0.363 e. The minimum atomic E-state index is -0.702. The summed E-state index contributed by atoms with van der Waals surface area (Å²) in [5, 5.41) is 7.15. The van der Waals surface area contributed by atoms with E-state index in [9.17, 15) is 13.6 Å². The molecule has 4 aromatic rings. The first-order valence-corrected chi connectivity index (χ1v) is 10.5. The van der Waals surface area contributed by atoms with Gasteiger partial charge in [0.25, 0.3) is 0 Å². The molecular formula is C26H21F2N3O. The lowest BCUT2D eigenvalue weighted by molar-refractivity contribution is -0.115. The Balaban J connectivity index is 1.33. The number of nitrogens with one attached hydrogen (secondary N) is 2. The zero-order chi connectivity index (χ0) is 22.1. The smallest absolute Gasteiger partial charge is 0.228 e. The van der Waals surface area contributed by atoms with Gasteiger partial charge in [-0.05, 0) is 65.9 Å². The largest absolute Gasteiger partial charge is 0.363 e. The second kappa shape index (κ2) is 8.38. The molecule has 3 aromatic carbocycles. The number of carbonyl (C=O) groups is 1. The molecule has 0 saturated heterocycles. The molecule has 1 heterocycles. The number of carbonyl (C=O) groups excluding carboxylic acids is 1. The second-order valence-electron chi connectivity index (χ2n) is 8.01. The molecule has 5 rings (SSSR count). The molecule has 0 radical (unpaired) electrons. The topological polar surface area (TPSA) is 54.0 Å². The lowest BCUT2D eigenvalue weighted by atomic mass is 10.1. The fourth-order valence-corrected chi connectivity index (χ4v) is 4.32. The van der Waals surface area contributed by atoms with E-state index in [2.05, 4.69) is 34.9 Å². The van der Waals surface area contributed by atoms with Crippen LogP contribution < -0.4 is 10.6 Å². The van der Waals surface area contributed by atoms with Crippen molar-refractivity contribution in [3.63, 3.8) is 0 Å². The van der Waals surface area contributed by atoms with E-state index < -0.39 is 11.6 Å².